The Morgan fingerprint density at radius 2 is 1.76 bits per heavy atom. The predicted octanol–water partition coefficient (Wildman–Crippen LogP) is 3.32. The van der Waals surface area contributed by atoms with E-state index >= 15 is 0 Å². The number of carbonyl (C=O) groups excluding carboxylic acids is 3. The van der Waals surface area contributed by atoms with Crippen LogP contribution in [0, 0.1) is 13.8 Å². The number of nitrogen functional groups attached to an aromatic ring is 1. The van der Waals surface area contributed by atoms with Gasteiger partial charge in [-0.1, -0.05) is 0 Å². The molecule has 0 fully saturated rings. The molecule has 0 aliphatic rings. The van der Waals surface area contributed by atoms with Crippen molar-refractivity contribution in [2.45, 2.75) is 13.8 Å². The van der Waals surface area contributed by atoms with Crippen LogP contribution in [0.15, 0.2) is 24.3 Å². The smallest absolute Gasteiger partial charge is 0.339 e. The molecule has 0 spiro atoms. The summed E-state index contributed by atoms with van der Waals surface area (Å²) < 4.78 is 9.45. The molecule has 0 aliphatic heterocycles. The monoisotopic (exact) mass is 413 g/mol. The number of pyridine rings is 1. The average molecular weight is 413 g/mol. The van der Waals surface area contributed by atoms with Crippen LogP contribution in [0.2, 0.25) is 0 Å². The highest BCUT2D eigenvalue weighted by Gasteiger charge is 2.22. The normalized spacial score (nSPS) is 10.6. The Morgan fingerprint density at radius 1 is 1.07 bits per heavy atom. The fourth-order valence-electron chi connectivity index (χ4n) is 3.00. The topological polar surface area (TPSA) is 121 Å². The molecule has 0 saturated heterocycles. The van der Waals surface area contributed by atoms with E-state index in [1.54, 1.807) is 0 Å². The summed E-state index contributed by atoms with van der Waals surface area (Å²) in [5, 5.41) is 3.38. The van der Waals surface area contributed by atoms with Crippen LogP contribution in [0.25, 0.3) is 10.2 Å². The second-order valence-electron chi connectivity index (χ2n) is 6.30. The zero-order chi connectivity index (χ0) is 21.3. The van der Waals surface area contributed by atoms with Gasteiger partial charge in [0.05, 0.1) is 36.7 Å². The van der Waals surface area contributed by atoms with Crippen LogP contribution >= 0.6 is 11.3 Å². The summed E-state index contributed by atoms with van der Waals surface area (Å²) in [5.41, 5.74) is 8.65. The molecule has 29 heavy (non-hydrogen) atoms. The Bertz CT molecular complexity index is 1150. The molecule has 9 heteroatoms. The molecule has 0 aliphatic carbocycles. The van der Waals surface area contributed by atoms with Gasteiger partial charge >= 0.3 is 11.9 Å². The molecular formula is C20H19N3O5S. The van der Waals surface area contributed by atoms with Crippen LogP contribution in [0.1, 0.15) is 41.6 Å². The van der Waals surface area contributed by atoms with Gasteiger partial charge in [0.1, 0.15) is 9.71 Å². The van der Waals surface area contributed by atoms with Crippen molar-refractivity contribution < 1.29 is 23.9 Å². The highest BCUT2D eigenvalue weighted by molar-refractivity contribution is 7.21. The Balaban J connectivity index is 2.05. The molecule has 3 N–H and O–H groups in total. The number of nitrogens with one attached hydrogen (secondary N) is 1. The van der Waals surface area contributed by atoms with Crippen molar-refractivity contribution in [1.82, 2.24) is 4.98 Å². The van der Waals surface area contributed by atoms with Crippen LogP contribution in [-0.2, 0) is 9.47 Å². The molecule has 1 aromatic carbocycles. The fraction of sp³-hybridized carbons (Fsp3) is 0.200. The largest absolute Gasteiger partial charge is 0.465 e. The van der Waals surface area contributed by atoms with Gasteiger partial charge < -0.3 is 20.5 Å². The maximum Gasteiger partial charge on any atom is 0.339 e. The summed E-state index contributed by atoms with van der Waals surface area (Å²) in [4.78, 5) is 42.2. The number of ether oxygens (including phenoxy) is 2. The second-order valence-corrected chi connectivity index (χ2v) is 7.30. The lowest BCUT2D eigenvalue weighted by molar-refractivity contribution is 0.0587. The summed E-state index contributed by atoms with van der Waals surface area (Å²) in [6.45, 7) is 3.76. The first-order valence-electron chi connectivity index (χ1n) is 8.55. The lowest BCUT2D eigenvalue weighted by atomic mass is 10.1. The number of hydrogen-bond acceptors (Lipinski definition) is 8. The Morgan fingerprint density at radius 3 is 2.41 bits per heavy atom. The van der Waals surface area contributed by atoms with Crippen molar-refractivity contribution in [3.05, 3.63) is 51.5 Å². The van der Waals surface area contributed by atoms with Crippen molar-refractivity contribution in [3.63, 3.8) is 0 Å². The second kappa shape index (κ2) is 7.88. The van der Waals surface area contributed by atoms with E-state index in [9.17, 15) is 14.4 Å². The molecule has 0 atom stereocenters. The van der Waals surface area contributed by atoms with E-state index in [0.717, 1.165) is 28.0 Å². The van der Waals surface area contributed by atoms with E-state index in [1.807, 2.05) is 19.9 Å². The maximum absolute atomic E-state index is 12.9. The number of hydrogen-bond donors (Lipinski definition) is 2. The third kappa shape index (κ3) is 3.77. The van der Waals surface area contributed by atoms with E-state index < -0.39 is 17.8 Å². The van der Waals surface area contributed by atoms with E-state index in [-0.39, 0.29) is 21.7 Å². The summed E-state index contributed by atoms with van der Waals surface area (Å²) in [7, 11) is 2.47. The molecule has 0 saturated carbocycles. The summed E-state index contributed by atoms with van der Waals surface area (Å²) in [5.74, 6) is -1.78. The predicted molar refractivity (Wildman–Crippen MR) is 111 cm³/mol. The SMILES string of the molecule is COC(=O)c1ccc(C(=O)OC)c(NC(=O)c2sc3nc(C)cc(C)c3c2N)c1. The number of nitrogens with zero attached hydrogens (tertiary/aromatic N) is 1. The molecule has 2 aromatic heterocycles. The molecule has 0 radical (unpaired) electrons. The molecular weight excluding hydrogens is 394 g/mol. The van der Waals surface area contributed by atoms with Crippen LogP contribution in [-0.4, -0.2) is 37.0 Å². The van der Waals surface area contributed by atoms with Crippen molar-refractivity contribution >= 4 is 50.8 Å². The lowest BCUT2D eigenvalue weighted by Gasteiger charge is -2.11. The molecule has 3 rings (SSSR count). The summed E-state index contributed by atoms with van der Waals surface area (Å²) in [6.07, 6.45) is 0. The molecule has 8 nitrogen and oxygen atoms in total. The standard InChI is InChI=1S/C20H19N3O5S/c1-9-7-10(2)22-18-14(9)15(21)16(29-18)17(24)23-13-8-11(19(25)27-3)5-6-12(13)20(26)28-4/h5-8H,21H2,1-4H3,(H,23,24). The highest BCUT2D eigenvalue weighted by atomic mass is 32.1. The van der Waals surface area contributed by atoms with Crippen LogP contribution in [0.5, 0.6) is 0 Å². The molecule has 2 heterocycles. The summed E-state index contributed by atoms with van der Waals surface area (Å²) in [6, 6.07) is 6.05. The molecule has 1 amide bonds. The summed E-state index contributed by atoms with van der Waals surface area (Å²) >= 11 is 1.16. The number of carbonyl (C=O) groups is 3. The number of amides is 1. The van der Waals surface area contributed by atoms with E-state index in [1.165, 1.54) is 32.4 Å². The van der Waals surface area contributed by atoms with Crippen molar-refractivity contribution in [1.29, 1.82) is 0 Å². The van der Waals surface area contributed by atoms with Gasteiger partial charge in [-0.3, -0.25) is 4.79 Å². The van der Waals surface area contributed by atoms with Gasteiger partial charge in [0.25, 0.3) is 5.91 Å². The average Bonchev–Trinajstić information content (AvgIpc) is 3.03. The molecule has 0 bridgehead atoms. The van der Waals surface area contributed by atoms with Crippen molar-refractivity contribution in [3.8, 4) is 0 Å². The Hall–Kier alpha value is -3.46. The number of methoxy groups -OCH3 is 2. The van der Waals surface area contributed by atoms with Gasteiger partial charge in [0.2, 0.25) is 0 Å². The lowest BCUT2D eigenvalue weighted by Crippen LogP contribution is -2.16. The van der Waals surface area contributed by atoms with Gasteiger partial charge in [-0.15, -0.1) is 11.3 Å². The first-order valence-corrected chi connectivity index (χ1v) is 9.36. The minimum absolute atomic E-state index is 0.0957. The van der Waals surface area contributed by atoms with Gasteiger partial charge in [-0.2, -0.15) is 0 Å². The third-order valence-corrected chi connectivity index (χ3v) is 5.42. The number of rotatable bonds is 4. The number of aromatic nitrogens is 1. The number of aryl methyl sites for hydroxylation is 2. The van der Waals surface area contributed by atoms with Gasteiger partial charge in [0.15, 0.2) is 0 Å². The zero-order valence-corrected chi connectivity index (χ0v) is 17.1. The number of fused-ring (bicyclic) bond motifs is 1. The number of anilines is 2. The number of nitrogens with two attached hydrogens (primary N) is 1. The first-order chi connectivity index (χ1) is 13.8. The quantitative estimate of drug-likeness (QED) is 0.629. The first kappa shape index (κ1) is 20.3. The van der Waals surface area contributed by atoms with Gasteiger partial charge in [0, 0.05) is 11.1 Å². The molecule has 3 aromatic rings. The van der Waals surface area contributed by atoms with Crippen LogP contribution < -0.4 is 11.1 Å². The minimum Gasteiger partial charge on any atom is -0.465 e. The number of benzene rings is 1. The van der Waals surface area contributed by atoms with Crippen molar-refractivity contribution in [2.75, 3.05) is 25.3 Å². The third-order valence-electron chi connectivity index (χ3n) is 4.32. The Labute approximate surface area is 170 Å². The van der Waals surface area contributed by atoms with E-state index in [0.29, 0.717) is 10.5 Å². The van der Waals surface area contributed by atoms with Crippen LogP contribution in [0.3, 0.4) is 0 Å². The van der Waals surface area contributed by atoms with Crippen LogP contribution in [0.4, 0.5) is 11.4 Å². The minimum atomic E-state index is -0.658. The maximum atomic E-state index is 12.9. The number of esters is 2. The Kier molecular flexibility index (Phi) is 5.51. The van der Waals surface area contributed by atoms with E-state index in [2.05, 4.69) is 10.3 Å². The molecule has 0 unspecified atom stereocenters. The van der Waals surface area contributed by atoms with Gasteiger partial charge in [-0.05, 0) is 43.7 Å². The zero-order valence-electron chi connectivity index (χ0n) is 16.3. The fourth-order valence-corrected chi connectivity index (χ4v) is 4.11. The number of thiophene rings is 1. The van der Waals surface area contributed by atoms with Crippen molar-refractivity contribution in [2.24, 2.45) is 0 Å². The van der Waals surface area contributed by atoms with Gasteiger partial charge in [-0.25, -0.2) is 14.6 Å². The molecule has 150 valence electrons. The highest BCUT2D eigenvalue weighted by Crippen LogP contribution is 2.35. The van der Waals surface area contributed by atoms with E-state index in [4.69, 9.17) is 15.2 Å².